The van der Waals surface area contributed by atoms with Crippen LogP contribution in [0.1, 0.15) is 40.0 Å². The molecule has 0 aliphatic carbocycles. The van der Waals surface area contributed by atoms with E-state index in [0.29, 0.717) is 5.71 Å². The molecule has 0 fully saturated rings. The molecule has 0 bridgehead atoms. The van der Waals surface area contributed by atoms with Gasteiger partial charge in [-0.05, 0) is 27.2 Å². The lowest BCUT2D eigenvalue weighted by molar-refractivity contribution is -0.138. The number of halogens is 3. The van der Waals surface area contributed by atoms with Gasteiger partial charge in [-0.25, -0.2) is 0 Å². The molecule has 0 saturated heterocycles. The average molecular weight is 275 g/mol. The lowest BCUT2D eigenvalue weighted by Gasteiger charge is -2.19. The van der Waals surface area contributed by atoms with E-state index in [1.807, 2.05) is 0 Å². The van der Waals surface area contributed by atoms with Crippen molar-refractivity contribution in [1.29, 1.82) is 10.5 Å². The molecule has 0 spiro atoms. The summed E-state index contributed by atoms with van der Waals surface area (Å²) in [4.78, 5) is 4.93. The summed E-state index contributed by atoms with van der Waals surface area (Å²) < 4.78 is 36.5. The second-order valence-electron chi connectivity index (χ2n) is 4.58. The SMILES string of the molecule is CC(CC(C#N)(C#N)CCC(F)(F)F)=NOC(C)C. The normalized spacial score (nSPS) is 13.0. The van der Waals surface area contributed by atoms with Crippen molar-refractivity contribution < 1.29 is 18.0 Å². The molecule has 0 atom stereocenters. The van der Waals surface area contributed by atoms with Crippen molar-refractivity contribution >= 4 is 5.71 Å². The van der Waals surface area contributed by atoms with Gasteiger partial charge in [0.05, 0.1) is 17.9 Å². The Morgan fingerprint density at radius 3 is 2.11 bits per heavy atom. The van der Waals surface area contributed by atoms with Gasteiger partial charge in [0.2, 0.25) is 0 Å². The maximum Gasteiger partial charge on any atom is 0.389 e. The van der Waals surface area contributed by atoms with E-state index in [1.54, 1.807) is 26.0 Å². The Labute approximate surface area is 110 Å². The number of hydrogen-bond acceptors (Lipinski definition) is 4. The molecule has 4 nitrogen and oxygen atoms in total. The van der Waals surface area contributed by atoms with E-state index in [0.717, 1.165) is 0 Å². The van der Waals surface area contributed by atoms with Gasteiger partial charge in [-0.2, -0.15) is 23.7 Å². The minimum atomic E-state index is -4.39. The summed E-state index contributed by atoms with van der Waals surface area (Å²) in [5.74, 6) is 0. The molecule has 0 radical (unpaired) electrons. The Morgan fingerprint density at radius 2 is 1.74 bits per heavy atom. The van der Waals surface area contributed by atoms with E-state index in [-0.39, 0.29) is 12.5 Å². The van der Waals surface area contributed by atoms with E-state index in [1.165, 1.54) is 6.92 Å². The Bertz CT molecular complexity index is 388. The molecule has 0 unspecified atom stereocenters. The molecule has 0 aliphatic heterocycles. The number of nitriles is 2. The van der Waals surface area contributed by atoms with Crippen molar-refractivity contribution in [2.24, 2.45) is 10.6 Å². The highest BCUT2D eigenvalue weighted by atomic mass is 19.4. The van der Waals surface area contributed by atoms with Crippen molar-refractivity contribution in [2.45, 2.75) is 52.3 Å². The zero-order valence-electron chi connectivity index (χ0n) is 11.1. The summed E-state index contributed by atoms with van der Waals surface area (Å²) in [7, 11) is 0. The summed E-state index contributed by atoms with van der Waals surface area (Å²) in [5.41, 5.74) is -1.40. The molecule has 0 aromatic heterocycles. The second-order valence-corrected chi connectivity index (χ2v) is 4.58. The minimum absolute atomic E-state index is 0.164. The van der Waals surface area contributed by atoms with Crippen LogP contribution in [0.3, 0.4) is 0 Å². The number of hydrogen-bond donors (Lipinski definition) is 0. The third-order valence-electron chi connectivity index (χ3n) is 2.24. The molecular formula is C12H16F3N3O. The van der Waals surface area contributed by atoms with Crippen molar-refractivity contribution in [3.05, 3.63) is 0 Å². The Balaban J connectivity index is 4.79. The standard InChI is InChI=1S/C12H16F3N3O/c1-9(2)19-18-10(3)6-11(7-16,8-17)4-5-12(13,14)15/h9H,4-6H2,1-3H3. The van der Waals surface area contributed by atoms with Crippen LogP contribution in [0.25, 0.3) is 0 Å². The topological polar surface area (TPSA) is 69.2 Å². The highest BCUT2D eigenvalue weighted by molar-refractivity contribution is 5.82. The summed E-state index contributed by atoms with van der Waals surface area (Å²) in [5, 5.41) is 21.6. The van der Waals surface area contributed by atoms with E-state index in [9.17, 15) is 13.2 Å². The summed E-state index contributed by atoms with van der Waals surface area (Å²) in [6.07, 6.45) is -6.48. The van der Waals surface area contributed by atoms with Crippen molar-refractivity contribution in [1.82, 2.24) is 0 Å². The van der Waals surface area contributed by atoms with Gasteiger partial charge >= 0.3 is 6.18 Å². The smallest absolute Gasteiger partial charge is 0.389 e. The lowest BCUT2D eigenvalue weighted by atomic mass is 9.81. The van der Waals surface area contributed by atoms with Gasteiger partial charge in [0.1, 0.15) is 11.5 Å². The maximum atomic E-state index is 12.2. The summed E-state index contributed by atoms with van der Waals surface area (Å²) in [6, 6.07) is 3.32. The van der Waals surface area contributed by atoms with Crippen LogP contribution >= 0.6 is 0 Å². The highest BCUT2D eigenvalue weighted by Crippen LogP contribution is 2.33. The largest absolute Gasteiger partial charge is 0.393 e. The first kappa shape index (κ1) is 17.2. The van der Waals surface area contributed by atoms with E-state index in [2.05, 4.69) is 5.16 Å². The predicted molar refractivity (Wildman–Crippen MR) is 62.9 cm³/mol. The molecule has 7 heteroatoms. The van der Waals surface area contributed by atoms with Crippen LogP contribution in [0.2, 0.25) is 0 Å². The first-order valence-corrected chi connectivity index (χ1v) is 5.72. The van der Waals surface area contributed by atoms with Crippen LogP contribution in [0.4, 0.5) is 13.2 Å². The van der Waals surface area contributed by atoms with Gasteiger partial charge in [0, 0.05) is 12.8 Å². The molecule has 0 heterocycles. The molecule has 0 aromatic rings. The first-order valence-electron chi connectivity index (χ1n) is 5.72. The molecule has 106 valence electrons. The van der Waals surface area contributed by atoms with Gasteiger partial charge in [-0.15, -0.1) is 0 Å². The monoisotopic (exact) mass is 275 g/mol. The number of alkyl halides is 3. The number of nitrogens with zero attached hydrogens (tertiary/aromatic N) is 3. The predicted octanol–water partition coefficient (Wildman–Crippen LogP) is 3.55. The zero-order chi connectivity index (χ0) is 15.1. The fourth-order valence-electron chi connectivity index (χ4n) is 1.32. The van der Waals surface area contributed by atoms with E-state index < -0.39 is 24.4 Å². The van der Waals surface area contributed by atoms with Crippen molar-refractivity contribution in [3.8, 4) is 12.1 Å². The highest BCUT2D eigenvalue weighted by Gasteiger charge is 2.37. The third kappa shape index (κ3) is 7.30. The Morgan fingerprint density at radius 1 is 1.21 bits per heavy atom. The fraction of sp³-hybridized carbons (Fsp3) is 0.750. The molecular weight excluding hydrogens is 259 g/mol. The molecule has 0 rings (SSSR count). The molecule has 0 aromatic carbocycles. The van der Waals surface area contributed by atoms with Gasteiger partial charge in [0.15, 0.2) is 0 Å². The van der Waals surface area contributed by atoms with Crippen LogP contribution < -0.4 is 0 Å². The first-order chi connectivity index (χ1) is 8.64. The minimum Gasteiger partial charge on any atom is -0.393 e. The van der Waals surface area contributed by atoms with Crippen LogP contribution in [0.15, 0.2) is 5.16 Å². The van der Waals surface area contributed by atoms with Crippen molar-refractivity contribution in [2.75, 3.05) is 0 Å². The molecule has 0 saturated carbocycles. The Hall–Kier alpha value is -1.76. The summed E-state index contributed by atoms with van der Waals surface area (Å²) >= 11 is 0. The quantitative estimate of drug-likeness (QED) is 0.549. The summed E-state index contributed by atoms with van der Waals surface area (Å²) in [6.45, 7) is 4.99. The maximum absolute atomic E-state index is 12.2. The van der Waals surface area contributed by atoms with Crippen LogP contribution in [-0.2, 0) is 4.84 Å². The zero-order valence-corrected chi connectivity index (χ0v) is 11.1. The van der Waals surface area contributed by atoms with Gasteiger partial charge in [0.25, 0.3) is 0 Å². The van der Waals surface area contributed by atoms with E-state index >= 15 is 0 Å². The third-order valence-corrected chi connectivity index (χ3v) is 2.24. The molecule has 0 amide bonds. The Kier molecular flexibility index (Phi) is 6.34. The number of rotatable bonds is 6. The fourth-order valence-corrected chi connectivity index (χ4v) is 1.32. The van der Waals surface area contributed by atoms with Gasteiger partial charge < -0.3 is 4.84 Å². The average Bonchev–Trinajstić information content (AvgIpc) is 2.31. The van der Waals surface area contributed by atoms with Crippen LogP contribution in [-0.4, -0.2) is 18.0 Å². The van der Waals surface area contributed by atoms with Gasteiger partial charge in [-0.1, -0.05) is 5.16 Å². The van der Waals surface area contributed by atoms with Gasteiger partial charge in [-0.3, -0.25) is 0 Å². The van der Waals surface area contributed by atoms with Crippen molar-refractivity contribution in [3.63, 3.8) is 0 Å². The second kappa shape index (κ2) is 6.98. The molecule has 19 heavy (non-hydrogen) atoms. The number of oxime groups is 1. The van der Waals surface area contributed by atoms with Crippen LogP contribution in [0, 0.1) is 28.1 Å². The molecule has 0 N–H and O–H groups in total. The molecule has 0 aliphatic rings. The van der Waals surface area contributed by atoms with E-state index in [4.69, 9.17) is 15.4 Å². The lowest BCUT2D eigenvalue weighted by Crippen LogP contribution is -2.23. The van der Waals surface area contributed by atoms with Crippen LogP contribution in [0.5, 0.6) is 0 Å².